The lowest BCUT2D eigenvalue weighted by molar-refractivity contribution is -0.137. The molecule has 3 aromatic rings. The molecule has 0 atom stereocenters. The summed E-state index contributed by atoms with van der Waals surface area (Å²) in [6.45, 7) is 4.29. The van der Waals surface area contributed by atoms with Gasteiger partial charge in [-0.2, -0.15) is 13.2 Å². The number of halogens is 4. The van der Waals surface area contributed by atoms with Gasteiger partial charge < -0.3 is 14.8 Å². The summed E-state index contributed by atoms with van der Waals surface area (Å²) in [5.74, 6) is 4.64. The standard InChI is InChI=1S/C25H23ClF3N3O/c26-22-17-20(25(27,28)29)7-6-18(22)4-3-5-24(33)30-21-8-9-23-19(16-21)10-13-32(23)15-14-31-11-1-2-12-31/h6-10,13,16-17H,1-2,4,11-12,14-15H2,(H,30,33). The molecule has 0 radical (unpaired) electrons. The average molecular weight is 474 g/mol. The fourth-order valence-corrected chi connectivity index (χ4v) is 4.22. The number of anilines is 1. The van der Waals surface area contributed by atoms with E-state index in [9.17, 15) is 18.0 Å². The molecule has 0 spiro atoms. The molecule has 2 aromatic carbocycles. The first-order valence-electron chi connectivity index (χ1n) is 10.8. The number of alkyl halides is 3. The summed E-state index contributed by atoms with van der Waals surface area (Å²) >= 11 is 5.92. The third-order valence-corrected chi connectivity index (χ3v) is 6.10. The fraction of sp³-hybridized carbons (Fsp3) is 0.320. The van der Waals surface area contributed by atoms with E-state index in [1.165, 1.54) is 32.0 Å². The van der Waals surface area contributed by atoms with Gasteiger partial charge in [-0.15, -0.1) is 0 Å². The van der Waals surface area contributed by atoms with Gasteiger partial charge in [-0.3, -0.25) is 4.79 Å². The van der Waals surface area contributed by atoms with E-state index in [-0.39, 0.29) is 11.4 Å². The van der Waals surface area contributed by atoms with E-state index in [0.717, 1.165) is 36.1 Å². The van der Waals surface area contributed by atoms with Crippen LogP contribution >= 0.6 is 11.6 Å². The second-order valence-corrected chi connectivity index (χ2v) is 8.48. The van der Waals surface area contributed by atoms with E-state index in [0.29, 0.717) is 11.3 Å². The monoisotopic (exact) mass is 473 g/mol. The number of hydrogen-bond donors (Lipinski definition) is 1. The molecule has 0 aliphatic carbocycles. The Bertz CT molecular complexity index is 1220. The van der Waals surface area contributed by atoms with Gasteiger partial charge in [0, 0.05) is 47.3 Å². The molecule has 4 nitrogen and oxygen atoms in total. The molecule has 8 heteroatoms. The zero-order chi connectivity index (χ0) is 23.4. The maximum atomic E-state index is 12.7. The van der Waals surface area contributed by atoms with E-state index in [1.807, 2.05) is 24.3 Å². The van der Waals surface area contributed by atoms with Crippen LogP contribution in [0.1, 0.15) is 24.0 Å². The largest absolute Gasteiger partial charge is 0.416 e. The number of hydrogen-bond acceptors (Lipinski definition) is 2. The van der Waals surface area contributed by atoms with Crippen molar-refractivity contribution in [2.24, 2.45) is 0 Å². The molecule has 33 heavy (non-hydrogen) atoms. The number of likely N-dealkylation sites (tertiary alicyclic amines) is 1. The van der Waals surface area contributed by atoms with Gasteiger partial charge in [0.15, 0.2) is 0 Å². The zero-order valence-electron chi connectivity index (χ0n) is 17.9. The van der Waals surface area contributed by atoms with Crippen molar-refractivity contribution in [3.8, 4) is 11.8 Å². The molecule has 1 amide bonds. The molecule has 0 bridgehead atoms. The zero-order valence-corrected chi connectivity index (χ0v) is 18.6. The Morgan fingerprint density at radius 1 is 1.06 bits per heavy atom. The van der Waals surface area contributed by atoms with Crippen LogP contribution in [0.3, 0.4) is 0 Å². The molecule has 4 rings (SSSR count). The third-order valence-electron chi connectivity index (χ3n) is 5.75. The fourth-order valence-electron chi connectivity index (χ4n) is 3.98. The van der Waals surface area contributed by atoms with E-state index in [4.69, 9.17) is 11.6 Å². The van der Waals surface area contributed by atoms with Crippen LogP contribution < -0.4 is 5.32 Å². The van der Waals surface area contributed by atoms with Crippen LogP contribution in [-0.2, 0) is 23.9 Å². The van der Waals surface area contributed by atoms with Crippen LogP contribution in [0.5, 0.6) is 0 Å². The highest BCUT2D eigenvalue weighted by Crippen LogP contribution is 2.32. The van der Waals surface area contributed by atoms with Gasteiger partial charge in [-0.25, -0.2) is 0 Å². The number of nitrogens with one attached hydrogen (secondary N) is 1. The number of amides is 1. The van der Waals surface area contributed by atoms with Gasteiger partial charge in [0.2, 0.25) is 0 Å². The van der Waals surface area contributed by atoms with E-state index in [1.54, 1.807) is 0 Å². The average Bonchev–Trinajstić information content (AvgIpc) is 3.42. The Labute approximate surface area is 195 Å². The second kappa shape index (κ2) is 9.90. The van der Waals surface area contributed by atoms with Crippen molar-refractivity contribution >= 4 is 34.1 Å². The third kappa shape index (κ3) is 5.89. The van der Waals surface area contributed by atoms with Crippen LogP contribution in [0.4, 0.5) is 18.9 Å². The minimum absolute atomic E-state index is 0.0285. The summed E-state index contributed by atoms with van der Waals surface area (Å²) in [7, 11) is 0. The van der Waals surface area contributed by atoms with Crippen molar-refractivity contribution in [2.45, 2.75) is 32.0 Å². The summed E-state index contributed by atoms with van der Waals surface area (Å²) in [5, 5.41) is 3.74. The number of carbonyl (C=O) groups is 1. The second-order valence-electron chi connectivity index (χ2n) is 8.07. The van der Waals surface area contributed by atoms with Crippen LogP contribution in [-0.4, -0.2) is 35.0 Å². The summed E-state index contributed by atoms with van der Waals surface area (Å²) in [4.78, 5) is 14.7. The number of carbonyl (C=O) groups excluding carboxylic acids is 1. The molecule has 1 aliphatic heterocycles. The number of aromatic nitrogens is 1. The molecule has 1 aliphatic rings. The molecule has 1 aromatic heterocycles. The molecular weight excluding hydrogens is 451 g/mol. The SMILES string of the molecule is O=C(C#CCc1ccc(C(F)(F)F)cc1Cl)Nc1ccc2c(ccn2CCN2CCCC2)c1. The smallest absolute Gasteiger partial charge is 0.346 e. The topological polar surface area (TPSA) is 37.3 Å². The summed E-state index contributed by atoms with van der Waals surface area (Å²) in [6, 6.07) is 10.8. The van der Waals surface area contributed by atoms with Crippen LogP contribution in [0.15, 0.2) is 48.7 Å². The Balaban J connectivity index is 1.35. The molecule has 1 saturated heterocycles. The Morgan fingerprint density at radius 2 is 1.85 bits per heavy atom. The first-order chi connectivity index (χ1) is 15.8. The highest BCUT2D eigenvalue weighted by molar-refractivity contribution is 6.31. The summed E-state index contributed by atoms with van der Waals surface area (Å²) in [6.07, 6.45) is 0.221. The van der Waals surface area contributed by atoms with E-state index in [2.05, 4.69) is 32.8 Å². The highest BCUT2D eigenvalue weighted by Gasteiger charge is 2.30. The van der Waals surface area contributed by atoms with Crippen molar-refractivity contribution < 1.29 is 18.0 Å². The van der Waals surface area contributed by atoms with Gasteiger partial charge in [-0.05, 0) is 73.8 Å². The molecule has 2 heterocycles. The number of rotatable bonds is 5. The predicted octanol–water partition coefficient (Wildman–Crippen LogP) is 5.59. The highest BCUT2D eigenvalue weighted by atomic mass is 35.5. The van der Waals surface area contributed by atoms with Crippen LogP contribution in [0, 0.1) is 11.8 Å². The van der Waals surface area contributed by atoms with Crippen molar-refractivity contribution in [2.75, 3.05) is 25.0 Å². The number of nitrogens with zero attached hydrogens (tertiary/aromatic N) is 2. The van der Waals surface area contributed by atoms with Crippen molar-refractivity contribution in [1.29, 1.82) is 0 Å². The predicted molar refractivity (Wildman–Crippen MR) is 124 cm³/mol. The Hall–Kier alpha value is -2.95. The lowest BCUT2D eigenvalue weighted by Gasteiger charge is -2.15. The molecule has 0 unspecified atom stereocenters. The Morgan fingerprint density at radius 3 is 2.58 bits per heavy atom. The molecular formula is C25H23ClF3N3O. The van der Waals surface area contributed by atoms with Gasteiger partial charge in [0.1, 0.15) is 0 Å². The molecule has 1 fully saturated rings. The number of benzene rings is 2. The molecule has 0 saturated carbocycles. The van der Waals surface area contributed by atoms with Crippen LogP contribution in [0.2, 0.25) is 5.02 Å². The molecule has 172 valence electrons. The maximum Gasteiger partial charge on any atom is 0.416 e. The van der Waals surface area contributed by atoms with Crippen molar-refractivity contribution in [3.05, 3.63) is 64.8 Å². The van der Waals surface area contributed by atoms with Crippen LogP contribution in [0.25, 0.3) is 10.9 Å². The van der Waals surface area contributed by atoms with E-state index < -0.39 is 17.6 Å². The van der Waals surface area contributed by atoms with Crippen molar-refractivity contribution in [1.82, 2.24) is 9.47 Å². The van der Waals surface area contributed by atoms with Gasteiger partial charge in [0.25, 0.3) is 5.91 Å². The summed E-state index contributed by atoms with van der Waals surface area (Å²) < 4.78 is 40.4. The first kappa shape index (κ1) is 23.2. The minimum Gasteiger partial charge on any atom is -0.346 e. The van der Waals surface area contributed by atoms with Crippen molar-refractivity contribution in [3.63, 3.8) is 0 Å². The van der Waals surface area contributed by atoms with Gasteiger partial charge in [-0.1, -0.05) is 23.6 Å². The minimum atomic E-state index is -4.45. The number of fused-ring (bicyclic) bond motifs is 1. The first-order valence-corrected chi connectivity index (χ1v) is 11.1. The lowest BCUT2D eigenvalue weighted by Crippen LogP contribution is -2.23. The lowest BCUT2D eigenvalue weighted by atomic mass is 10.1. The maximum absolute atomic E-state index is 12.7. The summed E-state index contributed by atoms with van der Waals surface area (Å²) in [5.41, 5.74) is 1.35. The quantitative estimate of drug-likeness (QED) is 0.490. The van der Waals surface area contributed by atoms with E-state index >= 15 is 0 Å². The van der Waals surface area contributed by atoms with Gasteiger partial charge >= 0.3 is 6.18 Å². The Kier molecular flexibility index (Phi) is 6.96. The van der Waals surface area contributed by atoms with Gasteiger partial charge in [0.05, 0.1) is 5.56 Å². The normalized spacial score (nSPS) is 14.3. The molecule has 1 N–H and O–H groups in total.